The summed E-state index contributed by atoms with van der Waals surface area (Å²) in [6.45, 7) is 6.02. The van der Waals surface area contributed by atoms with Crippen LogP contribution in [0.1, 0.15) is 30.0 Å². The Hall–Kier alpha value is -1.20. The molecule has 0 saturated heterocycles. The fourth-order valence-electron chi connectivity index (χ4n) is 2.62. The Morgan fingerprint density at radius 1 is 1.53 bits per heavy atom. The molecule has 1 fully saturated rings. The minimum Gasteiger partial charge on any atom is -0.496 e. The van der Waals surface area contributed by atoms with Crippen LogP contribution >= 0.6 is 11.6 Å². The number of ether oxygens (including phenoxy) is 1. The van der Waals surface area contributed by atoms with Gasteiger partial charge in [0.2, 0.25) is 0 Å². The number of methoxy groups -OCH3 is 1. The van der Waals surface area contributed by atoms with Gasteiger partial charge in [-0.05, 0) is 43.4 Å². The number of rotatable bonds is 2. The number of aryl methyl sites for hydroxylation is 1. The lowest BCUT2D eigenvalue weighted by atomic mass is 9.89. The van der Waals surface area contributed by atoms with Crippen molar-refractivity contribution in [2.45, 2.75) is 32.6 Å². The predicted octanol–water partition coefficient (Wildman–Crippen LogP) is 3.77. The number of benzene rings is 1. The number of nitrogens with zero attached hydrogens (tertiary/aromatic N) is 1. The minimum atomic E-state index is -0.396. The molecule has 1 aliphatic carbocycles. The topological polar surface area (TPSA) is 33.0 Å². The van der Waals surface area contributed by atoms with Crippen LogP contribution in [0.5, 0.6) is 5.75 Å². The molecule has 1 saturated carbocycles. The molecule has 0 heterocycles. The van der Waals surface area contributed by atoms with E-state index in [9.17, 15) is 5.26 Å². The van der Waals surface area contributed by atoms with Gasteiger partial charge >= 0.3 is 0 Å². The lowest BCUT2D eigenvalue weighted by molar-refractivity contribution is 0.405. The van der Waals surface area contributed by atoms with E-state index in [2.05, 4.69) is 13.0 Å². The lowest BCUT2D eigenvalue weighted by Gasteiger charge is -2.19. The molecule has 3 heteroatoms. The highest BCUT2D eigenvalue weighted by molar-refractivity contribution is 6.32. The molecule has 0 aliphatic heterocycles. The van der Waals surface area contributed by atoms with Gasteiger partial charge in [0, 0.05) is 10.6 Å². The third-order valence-corrected chi connectivity index (χ3v) is 4.40. The monoisotopic (exact) mass is 249 g/mol. The molecule has 1 aliphatic rings. The maximum absolute atomic E-state index is 9.44. The fraction of sp³-hybridized carbons (Fsp3) is 0.500. The molecule has 0 amide bonds. The van der Waals surface area contributed by atoms with Gasteiger partial charge in [-0.25, -0.2) is 0 Å². The van der Waals surface area contributed by atoms with E-state index in [4.69, 9.17) is 16.3 Å². The van der Waals surface area contributed by atoms with Crippen LogP contribution in [0.25, 0.3) is 0 Å². The second-order valence-corrected chi connectivity index (χ2v) is 5.28. The first kappa shape index (κ1) is 12.3. The Bertz CT molecular complexity index is 518. The van der Waals surface area contributed by atoms with Crippen LogP contribution in [0, 0.1) is 31.1 Å². The fourth-order valence-corrected chi connectivity index (χ4v) is 2.77. The first-order chi connectivity index (χ1) is 7.97. The van der Waals surface area contributed by atoms with Crippen molar-refractivity contribution in [2.75, 3.05) is 7.11 Å². The summed E-state index contributed by atoms with van der Waals surface area (Å²) < 4.78 is 5.43. The van der Waals surface area contributed by atoms with E-state index in [1.54, 1.807) is 7.11 Å². The molecular formula is C14H16ClNO. The van der Waals surface area contributed by atoms with Crippen LogP contribution in [-0.2, 0) is 5.41 Å². The summed E-state index contributed by atoms with van der Waals surface area (Å²) in [6, 6.07) is 4.37. The standard InChI is InChI=1S/C14H16ClNO/c1-8-5-11(17-4)12(10(3)13(8)15)14(7-16)6-9(14)2/h5,9H,6H2,1-4H3. The predicted molar refractivity (Wildman–Crippen MR) is 68.6 cm³/mol. The Morgan fingerprint density at radius 3 is 2.53 bits per heavy atom. The van der Waals surface area contributed by atoms with Crippen molar-refractivity contribution in [1.29, 1.82) is 5.26 Å². The Morgan fingerprint density at radius 2 is 2.12 bits per heavy atom. The van der Waals surface area contributed by atoms with Crippen molar-refractivity contribution in [3.8, 4) is 11.8 Å². The van der Waals surface area contributed by atoms with Gasteiger partial charge in [0.1, 0.15) is 5.75 Å². The van der Waals surface area contributed by atoms with E-state index < -0.39 is 5.41 Å². The van der Waals surface area contributed by atoms with Crippen LogP contribution in [0.15, 0.2) is 6.07 Å². The molecule has 2 unspecified atom stereocenters. The molecule has 2 atom stereocenters. The molecule has 0 spiro atoms. The molecule has 1 aromatic carbocycles. The van der Waals surface area contributed by atoms with Crippen molar-refractivity contribution in [2.24, 2.45) is 5.92 Å². The van der Waals surface area contributed by atoms with E-state index in [-0.39, 0.29) is 0 Å². The van der Waals surface area contributed by atoms with Crippen LogP contribution in [0.3, 0.4) is 0 Å². The van der Waals surface area contributed by atoms with Gasteiger partial charge in [-0.15, -0.1) is 0 Å². The maximum Gasteiger partial charge on any atom is 0.124 e. The maximum atomic E-state index is 9.44. The third kappa shape index (κ3) is 1.61. The molecule has 0 radical (unpaired) electrons. The summed E-state index contributed by atoms with van der Waals surface area (Å²) in [6.07, 6.45) is 0.889. The second kappa shape index (κ2) is 3.92. The zero-order chi connectivity index (χ0) is 12.8. The quantitative estimate of drug-likeness (QED) is 0.799. The smallest absolute Gasteiger partial charge is 0.124 e. The average molecular weight is 250 g/mol. The van der Waals surface area contributed by atoms with Crippen molar-refractivity contribution in [1.82, 2.24) is 0 Å². The van der Waals surface area contributed by atoms with Crippen molar-refractivity contribution < 1.29 is 4.74 Å². The second-order valence-electron chi connectivity index (χ2n) is 4.90. The van der Waals surface area contributed by atoms with Gasteiger partial charge in [-0.3, -0.25) is 0 Å². The summed E-state index contributed by atoms with van der Waals surface area (Å²) in [4.78, 5) is 0. The van der Waals surface area contributed by atoms with E-state index in [0.717, 1.165) is 33.9 Å². The first-order valence-electron chi connectivity index (χ1n) is 5.73. The number of hydrogen-bond donors (Lipinski definition) is 0. The molecule has 0 aromatic heterocycles. The third-order valence-electron chi connectivity index (χ3n) is 3.82. The van der Waals surface area contributed by atoms with Crippen LogP contribution in [0.2, 0.25) is 5.02 Å². The van der Waals surface area contributed by atoms with Crippen LogP contribution < -0.4 is 4.74 Å². The largest absolute Gasteiger partial charge is 0.496 e. The van der Waals surface area contributed by atoms with Gasteiger partial charge in [0.05, 0.1) is 18.6 Å². The van der Waals surface area contributed by atoms with E-state index in [1.165, 1.54) is 0 Å². The molecule has 17 heavy (non-hydrogen) atoms. The summed E-state index contributed by atoms with van der Waals surface area (Å²) in [5.41, 5.74) is 2.55. The molecule has 0 bridgehead atoms. The van der Waals surface area contributed by atoms with E-state index >= 15 is 0 Å². The Kier molecular flexibility index (Phi) is 2.83. The number of hydrogen-bond acceptors (Lipinski definition) is 2. The minimum absolute atomic E-state index is 0.374. The van der Waals surface area contributed by atoms with E-state index in [0.29, 0.717) is 5.92 Å². The SMILES string of the molecule is COc1cc(C)c(Cl)c(C)c1C1(C#N)CC1C. The van der Waals surface area contributed by atoms with E-state index in [1.807, 2.05) is 19.9 Å². The van der Waals surface area contributed by atoms with Crippen molar-refractivity contribution in [3.05, 3.63) is 27.8 Å². The molecule has 2 nitrogen and oxygen atoms in total. The van der Waals surface area contributed by atoms with Crippen molar-refractivity contribution in [3.63, 3.8) is 0 Å². The Balaban J connectivity index is 2.70. The lowest BCUT2D eigenvalue weighted by Crippen LogP contribution is -2.11. The van der Waals surface area contributed by atoms with Crippen LogP contribution in [0.4, 0.5) is 0 Å². The number of halogens is 1. The summed E-state index contributed by atoms with van der Waals surface area (Å²) in [7, 11) is 1.64. The van der Waals surface area contributed by atoms with Gasteiger partial charge in [0.25, 0.3) is 0 Å². The van der Waals surface area contributed by atoms with Gasteiger partial charge in [-0.1, -0.05) is 18.5 Å². The highest BCUT2D eigenvalue weighted by Crippen LogP contribution is 2.57. The first-order valence-corrected chi connectivity index (χ1v) is 6.11. The summed E-state index contributed by atoms with van der Waals surface area (Å²) in [5, 5.41) is 10.2. The zero-order valence-corrected chi connectivity index (χ0v) is 11.4. The molecule has 1 aromatic rings. The molecular weight excluding hydrogens is 234 g/mol. The average Bonchev–Trinajstić information content (AvgIpc) is 2.97. The summed E-state index contributed by atoms with van der Waals surface area (Å²) in [5.74, 6) is 1.16. The van der Waals surface area contributed by atoms with Crippen molar-refractivity contribution >= 4 is 11.6 Å². The summed E-state index contributed by atoms with van der Waals surface area (Å²) >= 11 is 6.29. The van der Waals surface area contributed by atoms with Gasteiger partial charge in [0.15, 0.2) is 0 Å². The van der Waals surface area contributed by atoms with Crippen LogP contribution in [-0.4, -0.2) is 7.11 Å². The van der Waals surface area contributed by atoms with Gasteiger partial charge < -0.3 is 4.74 Å². The normalized spacial score (nSPS) is 26.5. The molecule has 90 valence electrons. The highest BCUT2D eigenvalue weighted by atomic mass is 35.5. The highest BCUT2D eigenvalue weighted by Gasteiger charge is 2.55. The number of nitriles is 1. The molecule has 2 rings (SSSR count). The molecule has 0 N–H and O–H groups in total. The van der Waals surface area contributed by atoms with Gasteiger partial charge in [-0.2, -0.15) is 5.26 Å². The zero-order valence-electron chi connectivity index (χ0n) is 10.6. The Labute approximate surface area is 107 Å².